The predicted octanol–water partition coefficient (Wildman–Crippen LogP) is 2.66. The van der Waals surface area contributed by atoms with Gasteiger partial charge in [-0.25, -0.2) is 4.79 Å². The van der Waals surface area contributed by atoms with Crippen molar-refractivity contribution in [3.05, 3.63) is 16.8 Å². The van der Waals surface area contributed by atoms with E-state index in [2.05, 4.69) is 28.9 Å². The minimum Gasteiger partial charge on any atom is -0.478 e. The van der Waals surface area contributed by atoms with Crippen LogP contribution < -0.4 is 4.90 Å². The Labute approximate surface area is 120 Å². The van der Waals surface area contributed by atoms with E-state index in [0.29, 0.717) is 28.6 Å². The quantitative estimate of drug-likeness (QED) is 0.920. The molecular weight excluding hydrogens is 254 g/mol. The van der Waals surface area contributed by atoms with Crippen LogP contribution in [0, 0.1) is 25.7 Å². The molecule has 1 aromatic heterocycles. The Bertz CT molecular complexity index is 506. The summed E-state index contributed by atoms with van der Waals surface area (Å²) in [7, 11) is 0. The van der Waals surface area contributed by atoms with E-state index in [4.69, 9.17) is 0 Å². The molecule has 0 spiro atoms. The average Bonchev–Trinajstić information content (AvgIpc) is 2.41. The molecule has 1 N–H and O–H groups in total. The Balaban J connectivity index is 2.26. The Hall–Kier alpha value is -1.65. The minimum absolute atomic E-state index is 0.306. The summed E-state index contributed by atoms with van der Waals surface area (Å²) >= 11 is 0. The molecule has 0 bridgehead atoms. The number of piperidine rings is 1. The van der Waals surface area contributed by atoms with Crippen LogP contribution in [0.3, 0.4) is 0 Å². The molecule has 1 aliphatic heterocycles. The summed E-state index contributed by atoms with van der Waals surface area (Å²) in [6, 6.07) is 0. The van der Waals surface area contributed by atoms with Crippen LogP contribution >= 0.6 is 0 Å². The fourth-order valence-electron chi connectivity index (χ4n) is 2.85. The van der Waals surface area contributed by atoms with Crippen molar-refractivity contribution in [2.75, 3.05) is 18.0 Å². The van der Waals surface area contributed by atoms with Gasteiger partial charge in [0, 0.05) is 13.1 Å². The summed E-state index contributed by atoms with van der Waals surface area (Å²) in [5.74, 6) is 1.02. The van der Waals surface area contributed by atoms with Gasteiger partial charge < -0.3 is 10.0 Å². The molecular formula is C15H23N3O2. The number of aryl methyl sites for hydroxylation is 1. The second-order valence-corrected chi connectivity index (χ2v) is 5.98. The average molecular weight is 277 g/mol. The SMILES string of the molecule is Cc1nnc(N2CCC(C(C)C)CC2)c(C(=O)O)c1C. The first-order chi connectivity index (χ1) is 9.41. The highest BCUT2D eigenvalue weighted by Crippen LogP contribution is 2.29. The van der Waals surface area contributed by atoms with Crippen molar-refractivity contribution >= 4 is 11.8 Å². The number of hydrogen-bond acceptors (Lipinski definition) is 4. The highest BCUT2D eigenvalue weighted by molar-refractivity contribution is 5.95. The number of rotatable bonds is 3. The van der Waals surface area contributed by atoms with Crippen LogP contribution in [0.1, 0.15) is 48.3 Å². The van der Waals surface area contributed by atoms with Gasteiger partial charge >= 0.3 is 5.97 Å². The van der Waals surface area contributed by atoms with Gasteiger partial charge in [0.05, 0.1) is 5.69 Å². The van der Waals surface area contributed by atoms with Gasteiger partial charge in [-0.15, -0.1) is 5.10 Å². The molecule has 0 amide bonds. The third-order valence-electron chi connectivity index (χ3n) is 4.43. The highest BCUT2D eigenvalue weighted by atomic mass is 16.4. The fraction of sp³-hybridized carbons (Fsp3) is 0.667. The van der Waals surface area contributed by atoms with Crippen molar-refractivity contribution in [3.8, 4) is 0 Å². The number of aromatic nitrogens is 2. The lowest BCUT2D eigenvalue weighted by molar-refractivity contribution is 0.0695. The third-order valence-corrected chi connectivity index (χ3v) is 4.43. The molecule has 2 rings (SSSR count). The molecule has 2 heterocycles. The summed E-state index contributed by atoms with van der Waals surface area (Å²) in [6.07, 6.45) is 2.18. The fourth-order valence-corrected chi connectivity index (χ4v) is 2.85. The maximum atomic E-state index is 11.5. The lowest BCUT2D eigenvalue weighted by atomic mass is 9.86. The third kappa shape index (κ3) is 2.76. The van der Waals surface area contributed by atoms with Gasteiger partial charge in [-0.3, -0.25) is 0 Å². The molecule has 0 aromatic carbocycles. The van der Waals surface area contributed by atoms with Crippen molar-refractivity contribution < 1.29 is 9.90 Å². The molecule has 0 aliphatic carbocycles. The van der Waals surface area contributed by atoms with E-state index in [9.17, 15) is 9.90 Å². The zero-order valence-corrected chi connectivity index (χ0v) is 12.7. The van der Waals surface area contributed by atoms with Crippen LogP contribution in [-0.2, 0) is 0 Å². The molecule has 0 radical (unpaired) electrons. The van der Waals surface area contributed by atoms with Gasteiger partial charge in [0.2, 0.25) is 0 Å². The summed E-state index contributed by atoms with van der Waals surface area (Å²) < 4.78 is 0. The molecule has 1 aromatic rings. The standard InChI is InChI=1S/C15H23N3O2/c1-9(2)12-5-7-18(8-6-12)14-13(15(19)20)10(3)11(4)16-17-14/h9,12H,5-8H2,1-4H3,(H,19,20). The maximum Gasteiger partial charge on any atom is 0.339 e. The number of nitrogens with zero attached hydrogens (tertiary/aromatic N) is 3. The minimum atomic E-state index is -0.915. The first kappa shape index (κ1) is 14.8. The van der Waals surface area contributed by atoms with Crippen molar-refractivity contribution in [1.29, 1.82) is 0 Å². The van der Waals surface area contributed by atoms with E-state index in [0.717, 1.165) is 31.8 Å². The van der Waals surface area contributed by atoms with Crippen LogP contribution in [0.15, 0.2) is 0 Å². The van der Waals surface area contributed by atoms with Gasteiger partial charge in [-0.1, -0.05) is 13.8 Å². The van der Waals surface area contributed by atoms with Gasteiger partial charge in [0.1, 0.15) is 5.56 Å². The predicted molar refractivity (Wildman–Crippen MR) is 78.2 cm³/mol. The van der Waals surface area contributed by atoms with Crippen molar-refractivity contribution in [2.24, 2.45) is 11.8 Å². The smallest absolute Gasteiger partial charge is 0.339 e. The Kier molecular flexibility index (Phi) is 4.26. The van der Waals surface area contributed by atoms with Crippen LogP contribution in [0.5, 0.6) is 0 Å². The molecule has 0 saturated carbocycles. The first-order valence-corrected chi connectivity index (χ1v) is 7.24. The van der Waals surface area contributed by atoms with Crippen molar-refractivity contribution in [2.45, 2.75) is 40.5 Å². The molecule has 0 atom stereocenters. The van der Waals surface area contributed by atoms with E-state index in [1.807, 2.05) is 0 Å². The van der Waals surface area contributed by atoms with Crippen molar-refractivity contribution in [3.63, 3.8) is 0 Å². The largest absolute Gasteiger partial charge is 0.478 e. The van der Waals surface area contributed by atoms with E-state index in [1.165, 1.54) is 0 Å². The number of carboxylic acid groups (broad SMARTS) is 1. The number of carboxylic acids is 1. The lowest BCUT2D eigenvalue weighted by Crippen LogP contribution is -2.37. The zero-order chi connectivity index (χ0) is 14.9. The lowest BCUT2D eigenvalue weighted by Gasteiger charge is -2.35. The number of anilines is 1. The normalized spacial score (nSPS) is 16.8. The number of carbonyl (C=O) groups is 1. The molecule has 5 nitrogen and oxygen atoms in total. The zero-order valence-electron chi connectivity index (χ0n) is 12.7. The molecule has 5 heteroatoms. The molecule has 1 saturated heterocycles. The first-order valence-electron chi connectivity index (χ1n) is 7.24. The summed E-state index contributed by atoms with van der Waals surface area (Å²) in [5, 5.41) is 17.7. The number of hydrogen-bond donors (Lipinski definition) is 1. The Morgan fingerprint density at radius 2 is 1.85 bits per heavy atom. The van der Waals surface area contributed by atoms with Crippen molar-refractivity contribution in [1.82, 2.24) is 10.2 Å². The van der Waals surface area contributed by atoms with E-state index in [1.54, 1.807) is 13.8 Å². The number of aromatic carboxylic acids is 1. The second-order valence-electron chi connectivity index (χ2n) is 5.98. The molecule has 1 aliphatic rings. The second kappa shape index (κ2) is 5.77. The van der Waals surface area contributed by atoms with E-state index < -0.39 is 5.97 Å². The molecule has 20 heavy (non-hydrogen) atoms. The molecule has 1 fully saturated rings. The summed E-state index contributed by atoms with van der Waals surface area (Å²) in [4.78, 5) is 13.6. The van der Waals surface area contributed by atoms with Gasteiger partial charge in [0.15, 0.2) is 5.82 Å². The highest BCUT2D eigenvalue weighted by Gasteiger charge is 2.27. The van der Waals surface area contributed by atoms with Gasteiger partial charge in [0.25, 0.3) is 0 Å². The Morgan fingerprint density at radius 3 is 2.35 bits per heavy atom. The molecule has 0 unspecified atom stereocenters. The van der Waals surface area contributed by atoms with Crippen LogP contribution in [-0.4, -0.2) is 34.4 Å². The van der Waals surface area contributed by atoms with Crippen LogP contribution in [0.2, 0.25) is 0 Å². The topological polar surface area (TPSA) is 66.3 Å². The molecule has 110 valence electrons. The van der Waals surface area contributed by atoms with E-state index >= 15 is 0 Å². The monoisotopic (exact) mass is 277 g/mol. The Morgan fingerprint density at radius 1 is 1.25 bits per heavy atom. The van der Waals surface area contributed by atoms with Gasteiger partial charge in [-0.05, 0) is 44.1 Å². The maximum absolute atomic E-state index is 11.5. The summed E-state index contributed by atoms with van der Waals surface area (Å²) in [6.45, 7) is 9.82. The summed E-state index contributed by atoms with van der Waals surface area (Å²) in [5.41, 5.74) is 1.71. The van der Waals surface area contributed by atoms with E-state index in [-0.39, 0.29) is 0 Å². The van der Waals surface area contributed by atoms with Crippen LogP contribution in [0.4, 0.5) is 5.82 Å². The van der Waals surface area contributed by atoms with Crippen LogP contribution in [0.25, 0.3) is 0 Å². The van der Waals surface area contributed by atoms with Gasteiger partial charge in [-0.2, -0.15) is 5.10 Å².